The van der Waals surface area contributed by atoms with Gasteiger partial charge in [-0.2, -0.15) is 0 Å². The molecule has 0 aromatic heterocycles. The normalized spacial score (nSPS) is 13.3. The zero-order valence-electron chi connectivity index (χ0n) is 19.1. The van der Waals surface area contributed by atoms with Crippen LogP contribution < -0.4 is 10.6 Å². The Labute approximate surface area is 188 Å². The third kappa shape index (κ3) is 6.62. The summed E-state index contributed by atoms with van der Waals surface area (Å²) in [4.78, 5) is 35.6. The Kier molecular flexibility index (Phi) is 8.10. The number of hydrogen-bond donors (Lipinski definition) is 3. The molecule has 3 N–H and O–H groups in total. The van der Waals surface area contributed by atoms with Crippen LogP contribution in [0.3, 0.4) is 0 Å². The SMILES string of the molecule is CC(C)[C@@H](NC(=O)c1ccc(C(C)(C)C)cc1)C(=O)NC[C@H](O)c1ccc([N+](=O)[O-])cc1. The van der Waals surface area contributed by atoms with Crippen molar-refractivity contribution in [3.8, 4) is 0 Å². The second-order valence-electron chi connectivity index (χ2n) is 9.13. The summed E-state index contributed by atoms with van der Waals surface area (Å²) in [5.74, 6) is -0.944. The maximum Gasteiger partial charge on any atom is 0.269 e. The molecule has 0 bridgehead atoms. The molecule has 0 radical (unpaired) electrons. The maximum atomic E-state index is 12.7. The quantitative estimate of drug-likeness (QED) is 0.428. The molecule has 0 aliphatic rings. The van der Waals surface area contributed by atoms with Crippen LogP contribution in [0.1, 0.15) is 62.2 Å². The highest BCUT2D eigenvalue weighted by molar-refractivity contribution is 5.97. The fourth-order valence-electron chi connectivity index (χ4n) is 3.12. The van der Waals surface area contributed by atoms with Gasteiger partial charge in [-0.25, -0.2) is 0 Å². The minimum Gasteiger partial charge on any atom is -0.387 e. The van der Waals surface area contributed by atoms with E-state index in [1.165, 1.54) is 24.3 Å². The number of benzene rings is 2. The predicted octanol–water partition coefficient (Wildman–Crippen LogP) is 3.50. The third-order valence-electron chi connectivity index (χ3n) is 5.21. The molecular weight excluding hydrogens is 410 g/mol. The minimum absolute atomic E-state index is 0.0279. The van der Waals surface area contributed by atoms with Crippen molar-refractivity contribution in [2.45, 2.75) is 52.2 Å². The van der Waals surface area contributed by atoms with Gasteiger partial charge in [0.05, 0.1) is 11.0 Å². The summed E-state index contributed by atoms with van der Waals surface area (Å²) < 4.78 is 0. The molecule has 0 aliphatic carbocycles. The van der Waals surface area contributed by atoms with Crippen molar-refractivity contribution in [2.24, 2.45) is 5.92 Å². The standard InChI is InChI=1S/C24H31N3O5/c1-15(2)21(26-22(29)17-6-10-18(11-7-17)24(3,4)5)23(30)25-14-20(28)16-8-12-19(13-9-16)27(31)32/h6-13,15,20-21,28H,14H2,1-5H3,(H,25,30)(H,26,29)/t20-,21+/m0/s1. The van der Waals surface area contributed by atoms with Gasteiger partial charge in [0.1, 0.15) is 6.04 Å². The molecule has 0 saturated heterocycles. The van der Waals surface area contributed by atoms with Gasteiger partial charge in [0.25, 0.3) is 11.6 Å². The second-order valence-corrected chi connectivity index (χ2v) is 9.13. The van der Waals surface area contributed by atoms with Crippen molar-refractivity contribution in [1.29, 1.82) is 0 Å². The molecule has 0 unspecified atom stereocenters. The Morgan fingerprint density at radius 1 is 1.03 bits per heavy atom. The van der Waals surface area contributed by atoms with Crippen molar-refractivity contribution < 1.29 is 19.6 Å². The van der Waals surface area contributed by atoms with Gasteiger partial charge in [0.15, 0.2) is 0 Å². The van der Waals surface area contributed by atoms with E-state index in [4.69, 9.17) is 0 Å². The van der Waals surface area contributed by atoms with Crippen LogP contribution in [0.25, 0.3) is 0 Å². The molecule has 8 nitrogen and oxygen atoms in total. The first-order valence-corrected chi connectivity index (χ1v) is 10.5. The number of aliphatic hydroxyl groups is 1. The summed E-state index contributed by atoms with van der Waals surface area (Å²) in [6.45, 7) is 9.82. The van der Waals surface area contributed by atoms with Crippen LogP contribution in [0.4, 0.5) is 5.69 Å². The van der Waals surface area contributed by atoms with Crippen molar-refractivity contribution in [1.82, 2.24) is 10.6 Å². The molecule has 0 fully saturated rings. The van der Waals surface area contributed by atoms with Crippen molar-refractivity contribution in [2.75, 3.05) is 6.54 Å². The monoisotopic (exact) mass is 441 g/mol. The number of carbonyl (C=O) groups excluding carboxylic acids is 2. The molecule has 0 heterocycles. The van der Waals surface area contributed by atoms with E-state index in [1.807, 2.05) is 26.0 Å². The molecule has 32 heavy (non-hydrogen) atoms. The Bertz CT molecular complexity index is 947. The number of nitro benzene ring substituents is 1. The van der Waals surface area contributed by atoms with E-state index in [9.17, 15) is 24.8 Å². The van der Waals surface area contributed by atoms with Crippen LogP contribution in [-0.4, -0.2) is 34.4 Å². The van der Waals surface area contributed by atoms with Gasteiger partial charge in [0, 0.05) is 24.2 Å². The first kappa shape index (κ1) is 25.0. The zero-order valence-corrected chi connectivity index (χ0v) is 19.1. The number of nitrogens with zero attached hydrogens (tertiary/aromatic N) is 1. The molecular formula is C24H31N3O5. The fraction of sp³-hybridized carbons (Fsp3) is 0.417. The molecule has 2 amide bonds. The third-order valence-corrected chi connectivity index (χ3v) is 5.21. The summed E-state index contributed by atoms with van der Waals surface area (Å²) in [5.41, 5.74) is 1.90. The van der Waals surface area contributed by atoms with E-state index >= 15 is 0 Å². The van der Waals surface area contributed by atoms with Crippen LogP contribution in [-0.2, 0) is 10.2 Å². The number of hydrogen-bond acceptors (Lipinski definition) is 5. The molecule has 2 rings (SSSR count). The van der Waals surface area contributed by atoms with Crippen molar-refractivity contribution in [3.63, 3.8) is 0 Å². The van der Waals surface area contributed by atoms with Gasteiger partial charge in [-0.3, -0.25) is 19.7 Å². The highest BCUT2D eigenvalue weighted by Gasteiger charge is 2.25. The largest absolute Gasteiger partial charge is 0.387 e. The molecule has 2 atom stereocenters. The molecule has 2 aromatic rings. The lowest BCUT2D eigenvalue weighted by molar-refractivity contribution is -0.384. The second kappa shape index (κ2) is 10.4. The van der Waals surface area contributed by atoms with E-state index < -0.39 is 23.0 Å². The predicted molar refractivity (Wildman–Crippen MR) is 122 cm³/mol. The van der Waals surface area contributed by atoms with E-state index in [0.717, 1.165) is 5.56 Å². The molecule has 172 valence electrons. The van der Waals surface area contributed by atoms with Crippen LogP contribution >= 0.6 is 0 Å². The molecule has 2 aromatic carbocycles. The lowest BCUT2D eigenvalue weighted by atomic mass is 9.86. The summed E-state index contributed by atoms with van der Waals surface area (Å²) in [6.07, 6.45) is -1.03. The fourth-order valence-corrected chi connectivity index (χ4v) is 3.12. The van der Waals surface area contributed by atoms with Crippen LogP contribution in [0.15, 0.2) is 48.5 Å². The number of non-ortho nitro benzene ring substituents is 1. The van der Waals surface area contributed by atoms with Gasteiger partial charge in [0.2, 0.25) is 5.91 Å². The average molecular weight is 442 g/mol. The Morgan fingerprint density at radius 2 is 1.59 bits per heavy atom. The molecule has 0 spiro atoms. The van der Waals surface area contributed by atoms with Crippen molar-refractivity contribution >= 4 is 17.5 Å². The Hall–Kier alpha value is -3.26. The van der Waals surface area contributed by atoms with Crippen LogP contribution in [0.2, 0.25) is 0 Å². The van der Waals surface area contributed by atoms with Gasteiger partial charge in [-0.05, 0) is 46.7 Å². The van der Waals surface area contributed by atoms with Gasteiger partial charge in [-0.1, -0.05) is 46.8 Å². The smallest absolute Gasteiger partial charge is 0.269 e. The number of amides is 2. The topological polar surface area (TPSA) is 122 Å². The number of rotatable bonds is 8. The number of nitrogens with one attached hydrogen (secondary N) is 2. The molecule has 0 aliphatic heterocycles. The minimum atomic E-state index is -1.03. The first-order chi connectivity index (χ1) is 14.9. The number of aliphatic hydroxyl groups excluding tert-OH is 1. The Morgan fingerprint density at radius 3 is 2.06 bits per heavy atom. The average Bonchev–Trinajstić information content (AvgIpc) is 2.74. The van der Waals surface area contributed by atoms with Crippen LogP contribution in [0.5, 0.6) is 0 Å². The van der Waals surface area contributed by atoms with Crippen LogP contribution in [0, 0.1) is 16.0 Å². The van der Waals surface area contributed by atoms with Crippen molar-refractivity contribution in [3.05, 3.63) is 75.3 Å². The van der Waals surface area contributed by atoms with Gasteiger partial charge < -0.3 is 15.7 Å². The first-order valence-electron chi connectivity index (χ1n) is 10.5. The summed E-state index contributed by atoms with van der Waals surface area (Å²) in [5, 5.41) is 26.5. The number of carbonyl (C=O) groups is 2. The highest BCUT2D eigenvalue weighted by atomic mass is 16.6. The summed E-state index contributed by atoms with van der Waals surface area (Å²) in [7, 11) is 0. The molecule has 0 saturated carbocycles. The lowest BCUT2D eigenvalue weighted by Crippen LogP contribution is -2.50. The van der Waals surface area contributed by atoms with Gasteiger partial charge >= 0.3 is 0 Å². The zero-order chi connectivity index (χ0) is 24.1. The summed E-state index contributed by atoms with van der Waals surface area (Å²) >= 11 is 0. The molecule has 8 heteroatoms. The van der Waals surface area contributed by atoms with Gasteiger partial charge in [-0.15, -0.1) is 0 Å². The highest BCUT2D eigenvalue weighted by Crippen LogP contribution is 2.22. The van der Waals surface area contributed by atoms with E-state index in [1.54, 1.807) is 12.1 Å². The number of nitro groups is 1. The Balaban J connectivity index is 1.99. The van der Waals surface area contributed by atoms with E-state index in [-0.39, 0.29) is 29.5 Å². The maximum absolute atomic E-state index is 12.7. The summed E-state index contributed by atoms with van der Waals surface area (Å²) in [6, 6.07) is 12.0. The lowest BCUT2D eigenvalue weighted by Gasteiger charge is -2.23. The van der Waals surface area contributed by atoms with E-state index in [0.29, 0.717) is 11.1 Å². The van der Waals surface area contributed by atoms with E-state index in [2.05, 4.69) is 31.4 Å².